The molecule has 1 unspecified atom stereocenters. The lowest BCUT2D eigenvalue weighted by Gasteiger charge is -2.18. The number of furan rings is 1. The molecule has 4 amide bonds. The summed E-state index contributed by atoms with van der Waals surface area (Å²) in [7, 11) is 0. The summed E-state index contributed by atoms with van der Waals surface area (Å²) in [6, 6.07) is 43.2. The molecule has 0 fully saturated rings. The molecule has 1 atom stereocenters. The molecule has 0 saturated carbocycles. The standard InChI is InChI=1S/C42H33BrN4O5S/c1-27(48)44-32-16-18-33(19-17-32)46-42(51)39(29-8-4-2-5-9-29)53-36-23-20-34(21-24-36)45-41(50)37(47-40(49)30-10-6-3-7-11-30)26-35-22-25-38(52-35)28-12-14-31(43)15-13-28/h2-26,39H,1H3,(H,44,48)(H,45,50)(H,46,51)(H,47,49)/b37-26-. The molecule has 0 aliphatic rings. The number of benzene rings is 5. The minimum atomic E-state index is -0.593. The van der Waals surface area contributed by atoms with E-state index >= 15 is 0 Å². The topological polar surface area (TPSA) is 130 Å². The zero-order valence-electron chi connectivity index (χ0n) is 28.3. The van der Waals surface area contributed by atoms with E-state index in [1.165, 1.54) is 24.8 Å². The first-order valence-corrected chi connectivity index (χ1v) is 18.1. The van der Waals surface area contributed by atoms with Crippen LogP contribution in [0.3, 0.4) is 0 Å². The number of amides is 4. The average Bonchev–Trinajstić information content (AvgIpc) is 3.64. The second-order valence-electron chi connectivity index (χ2n) is 11.7. The molecule has 0 bridgehead atoms. The van der Waals surface area contributed by atoms with Crippen LogP contribution in [0.4, 0.5) is 17.1 Å². The Balaban J connectivity index is 1.18. The Morgan fingerprint density at radius 3 is 1.89 bits per heavy atom. The number of carbonyl (C=O) groups excluding carboxylic acids is 4. The lowest BCUT2D eigenvalue weighted by atomic mass is 10.1. The van der Waals surface area contributed by atoms with Crippen molar-refractivity contribution in [1.29, 1.82) is 0 Å². The van der Waals surface area contributed by atoms with Gasteiger partial charge in [-0.2, -0.15) is 0 Å². The zero-order chi connectivity index (χ0) is 37.2. The average molecular weight is 786 g/mol. The number of hydrogen-bond acceptors (Lipinski definition) is 6. The molecule has 4 N–H and O–H groups in total. The van der Waals surface area contributed by atoms with E-state index in [4.69, 9.17) is 4.42 Å². The predicted molar refractivity (Wildman–Crippen MR) is 213 cm³/mol. The van der Waals surface area contributed by atoms with Crippen molar-refractivity contribution in [3.8, 4) is 11.3 Å². The fourth-order valence-electron chi connectivity index (χ4n) is 5.18. The van der Waals surface area contributed by atoms with Crippen LogP contribution < -0.4 is 21.3 Å². The number of thioether (sulfide) groups is 1. The maximum atomic E-state index is 13.7. The highest BCUT2D eigenvalue weighted by atomic mass is 79.9. The van der Waals surface area contributed by atoms with Gasteiger partial charge in [-0.25, -0.2) is 0 Å². The molecular formula is C42H33BrN4O5S. The molecule has 11 heteroatoms. The Kier molecular flexibility index (Phi) is 12.0. The van der Waals surface area contributed by atoms with Crippen molar-refractivity contribution < 1.29 is 23.6 Å². The van der Waals surface area contributed by atoms with Gasteiger partial charge in [0.25, 0.3) is 11.8 Å². The van der Waals surface area contributed by atoms with E-state index in [1.807, 2.05) is 66.7 Å². The van der Waals surface area contributed by atoms with Crippen molar-refractivity contribution in [2.24, 2.45) is 0 Å². The fraction of sp³-hybridized carbons (Fsp3) is 0.0476. The summed E-state index contributed by atoms with van der Waals surface area (Å²) < 4.78 is 6.96. The van der Waals surface area contributed by atoms with Gasteiger partial charge in [0.05, 0.1) is 0 Å². The summed E-state index contributed by atoms with van der Waals surface area (Å²) in [6.07, 6.45) is 1.49. The number of nitrogens with one attached hydrogen (secondary N) is 4. The van der Waals surface area contributed by atoms with E-state index < -0.39 is 17.1 Å². The Labute approximate surface area is 319 Å². The number of hydrogen-bond donors (Lipinski definition) is 4. The molecule has 6 rings (SSSR count). The van der Waals surface area contributed by atoms with Crippen LogP contribution in [-0.2, 0) is 14.4 Å². The highest BCUT2D eigenvalue weighted by Gasteiger charge is 2.23. The van der Waals surface area contributed by atoms with Gasteiger partial charge in [0.15, 0.2) is 0 Å². The maximum Gasteiger partial charge on any atom is 0.272 e. The van der Waals surface area contributed by atoms with Crippen molar-refractivity contribution in [1.82, 2.24) is 5.32 Å². The van der Waals surface area contributed by atoms with Crippen molar-refractivity contribution in [3.05, 3.63) is 173 Å². The molecule has 0 saturated heterocycles. The van der Waals surface area contributed by atoms with Gasteiger partial charge in [0, 0.05) is 50.6 Å². The van der Waals surface area contributed by atoms with Crippen LogP contribution in [0.1, 0.15) is 33.9 Å². The van der Waals surface area contributed by atoms with E-state index in [1.54, 1.807) is 78.9 Å². The molecule has 0 spiro atoms. The number of halogens is 1. The lowest BCUT2D eigenvalue weighted by molar-refractivity contribution is -0.116. The zero-order valence-corrected chi connectivity index (χ0v) is 30.7. The third kappa shape index (κ3) is 10.2. The first-order valence-electron chi connectivity index (χ1n) is 16.5. The molecule has 0 radical (unpaired) electrons. The first kappa shape index (κ1) is 36.6. The molecule has 1 aromatic heterocycles. The molecule has 53 heavy (non-hydrogen) atoms. The van der Waals surface area contributed by atoms with Gasteiger partial charge in [-0.15, -0.1) is 11.8 Å². The van der Waals surface area contributed by atoms with Crippen LogP contribution in [0.15, 0.2) is 165 Å². The summed E-state index contributed by atoms with van der Waals surface area (Å²) >= 11 is 4.80. The van der Waals surface area contributed by atoms with Gasteiger partial charge in [-0.1, -0.05) is 76.6 Å². The Bertz CT molecular complexity index is 2240. The Hall–Kier alpha value is -6.17. The Morgan fingerprint density at radius 2 is 1.25 bits per heavy atom. The van der Waals surface area contributed by atoms with Crippen molar-refractivity contribution in [3.63, 3.8) is 0 Å². The minimum Gasteiger partial charge on any atom is -0.457 e. The highest BCUT2D eigenvalue weighted by molar-refractivity contribution is 9.10. The molecule has 0 aliphatic heterocycles. The van der Waals surface area contributed by atoms with Crippen LogP contribution in [-0.4, -0.2) is 23.6 Å². The molecule has 9 nitrogen and oxygen atoms in total. The quantitative estimate of drug-likeness (QED) is 0.0723. The van der Waals surface area contributed by atoms with E-state index in [0.717, 1.165) is 20.5 Å². The van der Waals surface area contributed by atoms with Crippen molar-refractivity contribution in [2.45, 2.75) is 17.1 Å². The largest absolute Gasteiger partial charge is 0.457 e. The second kappa shape index (κ2) is 17.4. The molecular weight excluding hydrogens is 752 g/mol. The summed E-state index contributed by atoms with van der Waals surface area (Å²) in [5.41, 5.74) is 3.74. The number of carbonyl (C=O) groups is 4. The highest BCUT2D eigenvalue weighted by Crippen LogP contribution is 2.37. The van der Waals surface area contributed by atoms with Gasteiger partial charge >= 0.3 is 0 Å². The van der Waals surface area contributed by atoms with Crippen LogP contribution >= 0.6 is 27.7 Å². The fourth-order valence-corrected chi connectivity index (χ4v) is 6.47. The van der Waals surface area contributed by atoms with Gasteiger partial charge in [-0.3, -0.25) is 19.2 Å². The van der Waals surface area contributed by atoms with E-state index in [2.05, 4.69) is 37.2 Å². The van der Waals surface area contributed by atoms with E-state index in [0.29, 0.717) is 34.1 Å². The van der Waals surface area contributed by atoms with Crippen molar-refractivity contribution in [2.75, 3.05) is 16.0 Å². The lowest BCUT2D eigenvalue weighted by Crippen LogP contribution is -2.30. The van der Waals surface area contributed by atoms with Gasteiger partial charge < -0.3 is 25.7 Å². The third-order valence-electron chi connectivity index (χ3n) is 7.75. The summed E-state index contributed by atoms with van der Waals surface area (Å²) in [5, 5.41) is 10.7. The smallest absolute Gasteiger partial charge is 0.272 e. The monoisotopic (exact) mass is 784 g/mol. The maximum absolute atomic E-state index is 13.7. The normalized spacial score (nSPS) is 11.6. The van der Waals surface area contributed by atoms with Gasteiger partial charge in [0.1, 0.15) is 22.5 Å². The van der Waals surface area contributed by atoms with E-state index in [-0.39, 0.29) is 17.5 Å². The first-order chi connectivity index (χ1) is 25.7. The van der Waals surface area contributed by atoms with Crippen molar-refractivity contribution >= 4 is 74.5 Å². The van der Waals surface area contributed by atoms with Crippen LogP contribution in [0.2, 0.25) is 0 Å². The number of rotatable bonds is 12. The molecule has 0 aliphatic carbocycles. The van der Waals surface area contributed by atoms with Crippen LogP contribution in [0.25, 0.3) is 17.4 Å². The number of anilines is 3. The van der Waals surface area contributed by atoms with Gasteiger partial charge in [0.2, 0.25) is 11.8 Å². The van der Waals surface area contributed by atoms with Crippen LogP contribution in [0.5, 0.6) is 0 Å². The second-order valence-corrected chi connectivity index (χ2v) is 13.8. The molecule has 1 heterocycles. The molecule has 6 aromatic rings. The summed E-state index contributed by atoms with van der Waals surface area (Å²) in [4.78, 5) is 52.6. The Morgan fingerprint density at radius 1 is 0.660 bits per heavy atom. The predicted octanol–water partition coefficient (Wildman–Crippen LogP) is 9.55. The van der Waals surface area contributed by atoms with E-state index in [9.17, 15) is 19.2 Å². The SMILES string of the molecule is CC(=O)Nc1ccc(NC(=O)C(Sc2ccc(NC(=O)/C(=C/c3ccc(-c4ccc(Br)cc4)o3)NC(=O)c3ccccc3)cc2)c2ccccc2)cc1. The third-order valence-corrected chi connectivity index (χ3v) is 9.55. The van der Waals surface area contributed by atoms with Crippen LogP contribution in [0, 0.1) is 0 Å². The summed E-state index contributed by atoms with van der Waals surface area (Å²) in [6.45, 7) is 1.43. The summed E-state index contributed by atoms with van der Waals surface area (Å²) in [5.74, 6) is -0.430. The van der Waals surface area contributed by atoms with Gasteiger partial charge in [-0.05, 0) is 90.5 Å². The minimum absolute atomic E-state index is 0.0140. The molecule has 264 valence electrons. The molecule has 5 aromatic carbocycles.